The van der Waals surface area contributed by atoms with Gasteiger partial charge in [-0.25, -0.2) is 9.59 Å². The van der Waals surface area contributed by atoms with Crippen LogP contribution in [0.3, 0.4) is 0 Å². The van der Waals surface area contributed by atoms with E-state index in [0.29, 0.717) is 18.6 Å². The number of carboxylic acids is 1. The number of hydrogen-bond acceptors (Lipinski definition) is 4. The van der Waals surface area contributed by atoms with Gasteiger partial charge in [-0.3, -0.25) is 4.79 Å². The van der Waals surface area contributed by atoms with Gasteiger partial charge in [0.05, 0.1) is 0 Å². The van der Waals surface area contributed by atoms with Crippen molar-refractivity contribution in [1.29, 1.82) is 0 Å². The largest absolute Gasteiger partial charge is 0.480 e. The van der Waals surface area contributed by atoms with E-state index in [1.807, 2.05) is 20.1 Å². The van der Waals surface area contributed by atoms with Gasteiger partial charge in [0.25, 0.3) is 0 Å². The minimum absolute atomic E-state index is 0.159. The molecule has 0 saturated carbocycles. The van der Waals surface area contributed by atoms with Crippen LogP contribution in [0.4, 0.5) is 4.79 Å². The summed E-state index contributed by atoms with van der Waals surface area (Å²) < 4.78 is 0. The minimum atomic E-state index is -1.09. The van der Waals surface area contributed by atoms with Crippen molar-refractivity contribution in [2.45, 2.75) is 38.8 Å². The standard InChI is InChI=1S/C12H23N3O4S/c1-7(2)6-9(15-12(13)19)10(16)14-8(11(17)18)4-5-20-3/h7-9H,4-6H2,1-3H3,(H,14,16)(H,17,18)(H3,13,15,19)/t8-,9?/m0/s1. The van der Waals surface area contributed by atoms with Crippen LogP contribution in [0.2, 0.25) is 0 Å². The van der Waals surface area contributed by atoms with E-state index in [9.17, 15) is 14.4 Å². The lowest BCUT2D eigenvalue weighted by molar-refractivity contribution is -0.142. The second-order valence-electron chi connectivity index (χ2n) is 4.87. The van der Waals surface area contributed by atoms with Crippen LogP contribution in [-0.4, -0.2) is 47.1 Å². The third-order valence-corrected chi connectivity index (χ3v) is 3.21. The lowest BCUT2D eigenvalue weighted by Gasteiger charge is -2.21. The minimum Gasteiger partial charge on any atom is -0.480 e. The van der Waals surface area contributed by atoms with Gasteiger partial charge >= 0.3 is 12.0 Å². The number of carbonyl (C=O) groups excluding carboxylic acids is 2. The summed E-state index contributed by atoms with van der Waals surface area (Å²) in [5, 5.41) is 13.8. The predicted molar refractivity (Wildman–Crippen MR) is 78.5 cm³/mol. The Morgan fingerprint density at radius 3 is 2.20 bits per heavy atom. The van der Waals surface area contributed by atoms with Crippen molar-refractivity contribution >= 4 is 29.7 Å². The maximum absolute atomic E-state index is 12.0. The van der Waals surface area contributed by atoms with Crippen molar-refractivity contribution in [1.82, 2.24) is 10.6 Å². The SMILES string of the molecule is CSCC[C@H](NC(=O)C(CC(C)C)NC(N)=O)C(=O)O. The maximum Gasteiger partial charge on any atom is 0.326 e. The highest BCUT2D eigenvalue weighted by atomic mass is 32.2. The molecule has 0 radical (unpaired) electrons. The number of carbonyl (C=O) groups is 3. The van der Waals surface area contributed by atoms with E-state index < -0.39 is 30.0 Å². The van der Waals surface area contributed by atoms with E-state index >= 15 is 0 Å². The van der Waals surface area contributed by atoms with Gasteiger partial charge in [0, 0.05) is 0 Å². The average Bonchev–Trinajstić information content (AvgIpc) is 2.31. The fraction of sp³-hybridized carbons (Fsp3) is 0.750. The Bertz CT molecular complexity index is 350. The number of amides is 3. The molecule has 0 aliphatic rings. The van der Waals surface area contributed by atoms with Crippen LogP contribution in [0.15, 0.2) is 0 Å². The molecule has 0 bridgehead atoms. The van der Waals surface area contributed by atoms with Crippen molar-refractivity contribution in [3.05, 3.63) is 0 Å². The monoisotopic (exact) mass is 305 g/mol. The number of nitrogens with one attached hydrogen (secondary N) is 2. The molecular weight excluding hydrogens is 282 g/mol. The highest BCUT2D eigenvalue weighted by molar-refractivity contribution is 7.98. The molecule has 0 fully saturated rings. The van der Waals surface area contributed by atoms with E-state index in [4.69, 9.17) is 10.8 Å². The number of carboxylic acid groups (broad SMARTS) is 1. The van der Waals surface area contributed by atoms with Gasteiger partial charge in [-0.15, -0.1) is 0 Å². The van der Waals surface area contributed by atoms with Gasteiger partial charge in [0.2, 0.25) is 5.91 Å². The quantitative estimate of drug-likeness (QED) is 0.491. The van der Waals surface area contributed by atoms with Gasteiger partial charge < -0.3 is 21.5 Å². The molecule has 3 amide bonds. The second-order valence-corrected chi connectivity index (χ2v) is 5.86. The van der Waals surface area contributed by atoms with E-state index in [1.165, 1.54) is 11.8 Å². The molecule has 0 aromatic rings. The van der Waals surface area contributed by atoms with Crippen LogP contribution in [0.5, 0.6) is 0 Å². The molecule has 20 heavy (non-hydrogen) atoms. The molecule has 0 aliphatic carbocycles. The lowest BCUT2D eigenvalue weighted by atomic mass is 10.0. The number of primary amides is 1. The summed E-state index contributed by atoms with van der Waals surface area (Å²) in [5.41, 5.74) is 5.03. The van der Waals surface area contributed by atoms with Crippen LogP contribution in [0, 0.1) is 5.92 Å². The number of nitrogens with two attached hydrogens (primary N) is 1. The average molecular weight is 305 g/mol. The molecule has 2 atom stereocenters. The second kappa shape index (κ2) is 9.46. The molecule has 7 nitrogen and oxygen atoms in total. The molecule has 0 heterocycles. The number of aliphatic carboxylic acids is 1. The zero-order valence-corrected chi connectivity index (χ0v) is 12.8. The zero-order valence-electron chi connectivity index (χ0n) is 12.0. The number of rotatable bonds is 9. The Morgan fingerprint density at radius 2 is 1.80 bits per heavy atom. The first-order chi connectivity index (χ1) is 9.27. The van der Waals surface area contributed by atoms with E-state index in [0.717, 1.165) is 0 Å². The normalized spacial score (nSPS) is 13.6. The zero-order chi connectivity index (χ0) is 15.7. The summed E-state index contributed by atoms with van der Waals surface area (Å²) in [4.78, 5) is 34.0. The fourth-order valence-corrected chi connectivity index (χ4v) is 2.11. The van der Waals surface area contributed by atoms with Crippen molar-refractivity contribution in [2.75, 3.05) is 12.0 Å². The summed E-state index contributed by atoms with van der Waals surface area (Å²) in [7, 11) is 0. The van der Waals surface area contributed by atoms with Gasteiger partial charge in [-0.2, -0.15) is 11.8 Å². The van der Waals surface area contributed by atoms with E-state index in [-0.39, 0.29) is 5.92 Å². The maximum atomic E-state index is 12.0. The fourth-order valence-electron chi connectivity index (χ4n) is 1.64. The molecule has 0 aromatic heterocycles. The Morgan fingerprint density at radius 1 is 1.20 bits per heavy atom. The van der Waals surface area contributed by atoms with Crippen LogP contribution < -0.4 is 16.4 Å². The molecule has 0 saturated heterocycles. The van der Waals surface area contributed by atoms with Gasteiger partial charge in [0.1, 0.15) is 12.1 Å². The van der Waals surface area contributed by atoms with E-state index in [1.54, 1.807) is 0 Å². The van der Waals surface area contributed by atoms with E-state index in [2.05, 4.69) is 10.6 Å². The summed E-state index contributed by atoms with van der Waals surface area (Å²) in [6, 6.07) is -2.58. The topological polar surface area (TPSA) is 122 Å². The van der Waals surface area contributed by atoms with Crippen LogP contribution in [0.1, 0.15) is 26.7 Å². The van der Waals surface area contributed by atoms with Crippen LogP contribution in [-0.2, 0) is 9.59 Å². The highest BCUT2D eigenvalue weighted by Crippen LogP contribution is 2.07. The molecule has 5 N–H and O–H groups in total. The Kier molecular flexibility index (Phi) is 8.78. The number of hydrogen-bond donors (Lipinski definition) is 4. The molecule has 1 unspecified atom stereocenters. The van der Waals surface area contributed by atoms with Crippen molar-refractivity contribution < 1.29 is 19.5 Å². The third kappa shape index (κ3) is 7.88. The van der Waals surface area contributed by atoms with Gasteiger partial charge in [0.15, 0.2) is 0 Å². The third-order valence-electron chi connectivity index (χ3n) is 2.57. The summed E-state index contributed by atoms with van der Waals surface area (Å²) in [6.07, 6.45) is 2.58. The van der Waals surface area contributed by atoms with Crippen LogP contribution >= 0.6 is 11.8 Å². The molecule has 0 aromatic carbocycles. The lowest BCUT2D eigenvalue weighted by Crippen LogP contribution is -2.53. The first-order valence-corrected chi connectivity index (χ1v) is 7.75. The highest BCUT2D eigenvalue weighted by Gasteiger charge is 2.26. The molecular formula is C12H23N3O4S. The number of thioether (sulfide) groups is 1. The summed E-state index contributed by atoms with van der Waals surface area (Å²) >= 11 is 1.50. The Balaban J connectivity index is 4.68. The van der Waals surface area contributed by atoms with Crippen LogP contribution in [0.25, 0.3) is 0 Å². The molecule has 0 rings (SSSR count). The van der Waals surface area contributed by atoms with Crippen molar-refractivity contribution in [3.8, 4) is 0 Å². The van der Waals surface area contributed by atoms with Crippen molar-refractivity contribution in [2.24, 2.45) is 11.7 Å². The smallest absolute Gasteiger partial charge is 0.326 e. The first kappa shape index (κ1) is 18.6. The molecule has 0 aliphatic heterocycles. The number of urea groups is 1. The Labute approximate surface area is 123 Å². The van der Waals surface area contributed by atoms with Gasteiger partial charge in [-0.05, 0) is 30.8 Å². The predicted octanol–water partition coefficient (Wildman–Crippen LogP) is 0.392. The Hall–Kier alpha value is -1.44. The summed E-state index contributed by atoms with van der Waals surface area (Å²) in [5.74, 6) is -0.831. The molecule has 116 valence electrons. The first-order valence-electron chi connectivity index (χ1n) is 6.36. The molecule has 8 heteroatoms. The van der Waals surface area contributed by atoms with Gasteiger partial charge in [-0.1, -0.05) is 13.8 Å². The molecule has 0 spiro atoms. The summed E-state index contributed by atoms with van der Waals surface area (Å²) in [6.45, 7) is 3.79. The van der Waals surface area contributed by atoms with Crippen molar-refractivity contribution in [3.63, 3.8) is 0 Å².